The van der Waals surface area contributed by atoms with Crippen LogP contribution < -0.4 is 4.31 Å². The number of nitro benzene ring substituents is 1. The van der Waals surface area contributed by atoms with Crippen LogP contribution in [0, 0.1) is 15.9 Å². The number of halogens is 1. The molecule has 1 aromatic rings. The van der Waals surface area contributed by atoms with E-state index in [1.54, 1.807) is 0 Å². The van der Waals surface area contributed by atoms with Gasteiger partial charge in [0.2, 0.25) is 10.0 Å². The van der Waals surface area contributed by atoms with Gasteiger partial charge in [0.15, 0.2) is 0 Å². The van der Waals surface area contributed by atoms with E-state index in [0.717, 1.165) is 22.5 Å². The summed E-state index contributed by atoms with van der Waals surface area (Å²) in [5.74, 6) is -0.714. The topological polar surface area (TPSA) is 80.5 Å². The fourth-order valence-corrected chi connectivity index (χ4v) is 3.23. The monoisotopic (exact) mass is 274 g/mol. The first-order valence-electron chi connectivity index (χ1n) is 5.25. The Labute approximate surface area is 103 Å². The summed E-state index contributed by atoms with van der Waals surface area (Å²) in [5.41, 5.74) is -0.671. The molecule has 0 unspecified atom stereocenters. The number of hydrogen-bond donors (Lipinski definition) is 0. The van der Waals surface area contributed by atoms with Gasteiger partial charge in [-0.15, -0.1) is 0 Å². The molecule has 1 aromatic carbocycles. The minimum atomic E-state index is -3.63. The maximum atomic E-state index is 13.1. The van der Waals surface area contributed by atoms with Crippen LogP contribution in [0.3, 0.4) is 0 Å². The average Bonchev–Trinajstić information content (AvgIpc) is 3.11. The Bertz CT molecular complexity index is 598. The van der Waals surface area contributed by atoms with Crippen molar-refractivity contribution in [1.29, 1.82) is 0 Å². The molecule has 1 aliphatic carbocycles. The molecule has 0 atom stereocenters. The van der Waals surface area contributed by atoms with Crippen molar-refractivity contribution in [2.45, 2.75) is 18.1 Å². The maximum absolute atomic E-state index is 13.1. The van der Waals surface area contributed by atoms with Gasteiger partial charge in [0, 0.05) is 19.2 Å². The minimum Gasteiger partial charge on any atom is -0.266 e. The quantitative estimate of drug-likeness (QED) is 0.617. The molecule has 0 heterocycles. The maximum Gasteiger partial charge on any atom is 0.293 e. The molecule has 1 fully saturated rings. The number of anilines is 1. The Hall–Kier alpha value is -1.70. The number of hydrogen-bond acceptors (Lipinski definition) is 4. The molecule has 0 N–H and O–H groups in total. The third kappa shape index (κ3) is 2.15. The van der Waals surface area contributed by atoms with Gasteiger partial charge in [-0.05, 0) is 18.9 Å². The van der Waals surface area contributed by atoms with E-state index in [1.807, 2.05) is 0 Å². The lowest BCUT2D eigenvalue weighted by molar-refractivity contribution is -0.384. The van der Waals surface area contributed by atoms with Gasteiger partial charge in [0.25, 0.3) is 5.69 Å². The Balaban J connectivity index is 2.49. The molecule has 98 valence electrons. The van der Waals surface area contributed by atoms with Crippen LogP contribution in [0.4, 0.5) is 15.8 Å². The van der Waals surface area contributed by atoms with Crippen LogP contribution in [0.15, 0.2) is 18.2 Å². The van der Waals surface area contributed by atoms with E-state index in [0.29, 0.717) is 12.8 Å². The van der Waals surface area contributed by atoms with Crippen molar-refractivity contribution in [3.05, 3.63) is 34.1 Å². The third-order valence-electron chi connectivity index (χ3n) is 2.80. The van der Waals surface area contributed by atoms with Gasteiger partial charge in [0.05, 0.1) is 10.2 Å². The summed E-state index contributed by atoms with van der Waals surface area (Å²) in [6.07, 6.45) is 1.07. The van der Waals surface area contributed by atoms with Gasteiger partial charge in [-0.3, -0.25) is 14.4 Å². The zero-order valence-electron chi connectivity index (χ0n) is 9.54. The molecule has 1 saturated carbocycles. The van der Waals surface area contributed by atoms with Gasteiger partial charge >= 0.3 is 0 Å². The van der Waals surface area contributed by atoms with Gasteiger partial charge in [-0.1, -0.05) is 0 Å². The number of nitro groups is 1. The molecular formula is C10H11FN2O4S. The van der Waals surface area contributed by atoms with Crippen molar-refractivity contribution in [1.82, 2.24) is 0 Å². The summed E-state index contributed by atoms with van der Waals surface area (Å²) >= 11 is 0. The highest BCUT2D eigenvalue weighted by Gasteiger charge is 2.40. The SMILES string of the molecule is CN(c1cc(F)ccc1[N+](=O)[O-])S(=O)(=O)C1CC1. The summed E-state index contributed by atoms with van der Waals surface area (Å²) in [6.45, 7) is 0. The van der Waals surface area contributed by atoms with E-state index in [4.69, 9.17) is 0 Å². The number of benzene rings is 1. The summed E-state index contributed by atoms with van der Waals surface area (Å²) < 4.78 is 37.8. The first-order chi connectivity index (χ1) is 8.34. The Morgan fingerprint density at radius 3 is 2.56 bits per heavy atom. The molecule has 0 aromatic heterocycles. The molecule has 0 bridgehead atoms. The van der Waals surface area contributed by atoms with E-state index >= 15 is 0 Å². The third-order valence-corrected chi connectivity index (χ3v) is 5.07. The second kappa shape index (κ2) is 4.20. The zero-order valence-corrected chi connectivity index (χ0v) is 10.4. The van der Waals surface area contributed by atoms with Crippen LogP contribution in [0.2, 0.25) is 0 Å². The Morgan fingerprint density at radius 1 is 1.44 bits per heavy atom. The van der Waals surface area contributed by atoms with Crippen LogP contribution >= 0.6 is 0 Å². The molecule has 0 spiro atoms. The predicted octanol–water partition coefficient (Wildman–Crippen LogP) is 1.66. The number of nitrogens with zero attached hydrogens (tertiary/aromatic N) is 2. The van der Waals surface area contributed by atoms with E-state index in [-0.39, 0.29) is 5.69 Å². The standard InChI is InChI=1S/C10H11FN2O4S/c1-12(18(16,17)8-3-4-8)10-6-7(11)2-5-9(10)13(14)15/h2,5-6,8H,3-4H2,1H3. The number of sulfonamides is 1. The Kier molecular flexibility index (Phi) is 2.97. The minimum absolute atomic E-state index is 0.244. The molecule has 0 radical (unpaired) electrons. The van der Waals surface area contributed by atoms with Crippen molar-refractivity contribution in [3.63, 3.8) is 0 Å². The lowest BCUT2D eigenvalue weighted by atomic mass is 10.2. The first kappa shape index (κ1) is 12.7. The Morgan fingerprint density at radius 2 is 2.06 bits per heavy atom. The van der Waals surface area contributed by atoms with Gasteiger partial charge in [-0.2, -0.15) is 0 Å². The van der Waals surface area contributed by atoms with E-state index < -0.39 is 31.7 Å². The molecule has 2 rings (SSSR count). The molecule has 6 nitrogen and oxygen atoms in total. The van der Waals surface area contributed by atoms with Crippen LogP contribution in [0.1, 0.15) is 12.8 Å². The second-order valence-electron chi connectivity index (χ2n) is 4.10. The normalized spacial score (nSPS) is 15.4. The van der Waals surface area contributed by atoms with Crippen molar-refractivity contribution in [2.24, 2.45) is 0 Å². The predicted molar refractivity (Wildman–Crippen MR) is 63.4 cm³/mol. The fraction of sp³-hybridized carbons (Fsp3) is 0.400. The van der Waals surface area contributed by atoms with Gasteiger partial charge in [0.1, 0.15) is 11.5 Å². The molecule has 1 aliphatic rings. The van der Waals surface area contributed by atoms with Gasteiger partial charge in [-0.25, -0.2) is 12.8 Å². The van der Waals surface area contributed by atoms with Crippen molar-refractivity contribution < 1.29 is 17.7 Å². The second-order valence-corrected chi connectivity index (χ2v) is 6.35. The van der Waals surface area contributed by atoms with Crippen molar-refractivity contribution in [2.75, 3.05) is 11.4 Å². The van der Waals surface area contributed by atoms with Gasteiger partial charge < -0.3 is 0 Å². The van der Waals surface area contributed by atoms with E-state index in [1.165, 1.54) is 7.05 Å². The largest absolute Gasteiger partial charge is 0.293 e. The van der Waals surface area contributed by atoms with Crippen LogP contribution in [0.5, 0.6) is 0 Å². The van der Waals surface area contributed by atoms with E-state index in [2.05, 4.69) is 0 Å². The summed E-state index contributed by atoms with van der Waals surface area (Å²) in [5, 5.41) is 10.3. The van der Waals surface area contributed by atoms with Crippen LogP contribution in [-0.2, 0) is 10.0 Å². The van der Waals surface area contributed by atoms with E-state index in [9.17, 15) is 22.9 Å². The lowest BCUT2D eigenvalue weighted by Crippen LogP contribution is -2.30. The fourth-order valence-electron chi connectivity index (χ4n) is 1.63. The lowest BCUT2D eigenvalue weighted by Gasteiger charge is -2.18. The van der Waals surface area contributed by atoms with Crippen LogP contribution in [0.25, 0.3) is 0 Å². The highest BCUT2D eigenvalue weighted by molar-refractivity contribution is 7.93. The summed E-state index contributed by atoms with van der Waals surface area (Å²) in [7, 11) is -2.43. The average molecular weight is 274 g/mol. The zero-order chi connectivity index (χ0) is 13.5. The number of rotatable bonds is 4. The molecule has 0 saturated heterocycles. The molecule has 18 heavy (non-hydrogen) atoms. The highest BCUT2D eigenvalue weighted by atomic mass is 32.2. The van der Waals surface area contributed by atoms with Crippen LogP contribution in [-0.4, -0.2) is 25.6 Å². The molecule has 8 heteroatoms. The summed E-state index contributed by atoms with van der Waals surface area (Å²) in [4.78, 5) is 10.1. The molecular weight excluding hydrogens is 263 g/mol. The highest BCUT2D eigenvalue weighted by Crippen LogP contribution is 2.36. The smallest absolute Gasteiger partial charge is 0.266 e. The first-order valence-corrected chi connectivity index (χ1v) is 6.76. The summed E-state index contributed by atoms with van der Waals surface area (Å²) in [6, 6.07) is 2.75. The van der Waals surface area contributed by atoms with Crippen molar-refractivity contribution >= 4 is 21.4 Å². The van der Waals surface area contributed by atoms with Crippen molar-refractivity contribution in [3.8, 4) is 0 Å². The molecule has 0 amide bonds. The molecule has 0 aliphatic heterocycles.